The van der Waals surface area contributed by atoms with Gasteiger partial charge in [0, 0.05) is 30.2 Å². The third kappa shape index (κ3) is 1.86. The van der Waals surface area contributed by atoms with Crippen molar-refractivity contribution >= 4 is 11.3 Å². The average Bonchev–Trinajstić information content (AvgIpc) is 2.74. The highest BCUT2D eigenvalue weighted by molar-refractivity contribution is 7.13. The molecule has 3 nitrogen and oxygen atoms in total. The lowest BCUT2D eigenvalue weighted by molar-refractivity contribution is 0.768. The molecule has 0 amide bonds. The summed E-state index contributed by atoms with van der Waals surface area (Å²) >= 11 is 1.76. The molecule has 0 aromatic carbocycles. The molecule has 0 fully saturated rings. The number of aromatic nitrogens is 2. The second kappa shape index (κ2) is 3.94. The van der Waals surface area contributed by atoms with E-state index in [1.54, 1.807) is 11.3 Å². The Morgan fingerprint density at radius 2 is 2.43 bits per heavy atom. The van der Waals surface area contributed by atoms with E-state index in [1.807, 2.05) is 31.2 Å². The summed E-state index contributed by atoms with van der Waals surface area (Å²) in [6, 6.07) is 2.21. The Labute approximate surface area is 87.4 Å². The van der Waals surface area contributed by atoms with Gasteiger partial charge in [-0.15, -0.1) is 11.3 Å². The maximum atomic E-state index is 4.16. The van der Waals surface area contributed by atoms with Crippen molar-refractivity contribution in [3.8, 4) is 10.4 Å². The third-order valence-electron chi connectivity index (χ3n) is 2.02. The van der Waals surface area contributed by atoms with Crippen LogP contribution in [-0.4, -0.2) is 16.8 Å². The minimum absolute atomic E-state index is 0.927. The maximum Gasteiger partial charge on any atom is 0.0576 e. The molecule has 0 radical (unpaired) electrons. The fraction of sp³-hybridized carbons (Fsp3) is 0.300. The summed E-state index contributed by atoms with van der Waals surface area (Å²) < 4.78 is 1.83. The molecular formula is C10H13N3S. The van der Waals surface area contributed by atoms with Crippen LogP contribution in [0.5, 0.6) is 0 Å². The quantitative estimate of drug-likeness (QED) is 0.832. The Morgan fingerprint density at radius 3 is 3.07 bits per heavy atom. The minimum Gasteiger partial charge on any atom is -0.316 e. The van der Waals surface area contributed by atoms with Crippen molar-refractivity contribution in [3.63, 3.8) is 0 Å². The van der Waals surface area contributed by atoms with E-state index in [9.17, 15) is 0 Å². The summed E-state index contributed by atoms with van der Waals surface area (Å²) in [5.41, 5.74) is 2.52. The number of hydrogen-bond acceptors (Lipinski definition) is 3. The normalized spacial score (nSPS) is 10.7. The van der Waals surface area contributed by atoms with Crippen LogP contribution in [-0.2, 0) is 13.6 Å². The van der Waals surface area contributed by atoms with Crippen LogP contribution in [0.4, 0.5) is 0 Å². The van der Waals surface area contributed by atoms with Crippen molar-refractivity contribution in [2.75, 3.05) is 7.05 Å². The van der Waals surface area contributed by atoms with Crippen molar-refractivity contribution < 1.29 is 0 Å². The predicted molar refractivity (Wildman–Crippen MR) is 59.3 cm³/mol. The van der Waals surface area contributed by atoms with Crippen LogP contribution in [0.1, 0.15) is 5.56 Å². The fourth-order valence-electron chi connectivity index (χ4n) is 1.37. The first-order valence-electron chi connectivity index (χ1n) is 4.50. The van der Waals surface area contributed by atoms with E-state index in [2.05, 4.69) is 21.9 Å². The topological polar surface area (TPSA) is 29.9 Å². The summed E-state index contributed by atoms with van der Waals surface area (Å²) in [6.07, 6.45) is 3.93. The Bertz CT molecular complexity index is 416. The predicted octanol–water partition coefficient (Wildman–Crippen LogP) is 1.87. The molecule has 0 bridgehead atoms. The smallest absolute Gasteiger partial charge is 0.0576 e. The molecule has 0 spiro atoms. The Kier molecular flexibility index (Phi) is 2.65. The van der Waals surface area contributed by atoms with Crippen molar-refractivity contribution in [3.05, 3.63) is 29.4 Å². The summed E-state index contributed by atoms with van der Waals surface area (Å²) in [6.45, 7) is 0.927. The molecule has 1 N–H and O–H groups in total. The Hall–Kier alpha value is -1.13. The molecule has 0 saturated heterocycles. The highest BCUT2D eigenvalue weighted by Gasteiger charge is 2.03. The monoisotopic (exact) mass is 207 g/mol. The molecule has 0 aliphatic heterocycles. The van der Waals surface area contributed by atoms with Crippen LogP contribution in [0.25, 0.3) is 10.4 Å². The molecule has 2 aromatic heterocycles. The zero-order valence-corrected chi connectivity index (χ0v) is 9.14. The van der Waals surface area contributed by atoms with E-state index in [-0.39, 0.29) is 0 Å². The molecule has 14 heavy (non-hydrogen) atoms. The SMILES string of the molecule is CNCc1csc(-c2cnn(C)c2)c1. The number of hydrogen-bond donors (Lipinski definition) is 1. The number of thiophene rings is 1. The number of nitrogens with one attached hydrogen (secondary N) is 1. The van der Waals surface area contributed by atoms with Crippen LogP contribution in [0.15, 0.2) is 23.8 Å². The Morgan fingerprint density at radius 1 is 1.57 bits per heavy atom. The van der Waals surface area contributed by atoms with Gasteiger partial charge in [-0.05, 0) is 24.1 Å². The van der Waals surface area contributed by atoms with E-state index in [4.69, 9.17) is 0 Å². The highest BCUT2D eigenvalue weighted by Crippen LogP contribution is 2.26. The molecule has 0 atom stereocenters. The van der Waals surface area contributed by atoms with Gasteiger partial charge in [0.2, 0.25) is 0 Å². The van der Waals surface area contributed by atoms with Crippen LogP contribution < -0.4 is 5.32 Å². The van der Waals surface area contributed by atoms with Gasteiger partial charge in [-0.25, -0.2) is 0 Å². The third-order valence-corrected chi connectivity index (χ3v) is 3.05. The molecular weight excluding hydrogens is 194 g/mol. The lowest BCUT2D eigenvalue weighted by Crippen LogP contribution is -2.03. The van der Waals surface area contributed by atoms with Gasteiger partial charge in [0.25, 0.3) is 0 Å². The molecule has 2 aromatic rings. The van der Waals surface area contributed by atoms with Gasteiger partial charge < -0.3 is 5.32 Å². The lowest BCUT2D eigenvalue weighted by atomic mass is 10.2. The molecule has 2 heterocycles. The van der Waals surface area contributed by atoms with E-state index in [0.717, 1.165) is 6.54 Å². The number of nitrogens with zero attached hydrogens (tertiary/aromatic N) is 2. The summed E-state index contributed by atoms with van der Waals surface area (Å²) in [5.74, 6) is 0. The van der Waals surface area contributed by atoms with E-state index >= 15 is 0 Å². The lowest BCUT2D eigenvalue weighted by Gasteiger charge is -1.91. The van der Waals surface area contributed by atoms with Crippen LogP contribution in [0.3, 0.4) is 0 Å². The van der Waals surface area contributed by atoms with Gasteiger partial charge >= 0.3 is 0 Å². The van der Waals surface area contributed by atoms with Crippen LogP contribution in [0.2, 0.25) is 0 Å². The van der Waals surface area contributed by atoms with Crippen molar-refractivity contribution in [1.29, 1.82) is 0 Å². The highest BCUT2D eigenvalue weighted by atomic mass is 32.1. The first-order valence-corrected chi connectivity index (χ1v) is 5.38. The first-order chi connectivity index (χ1) is 6.79. The molecule has 2 rings (SSSR count). The maximum absolute atomic E-state index is 4.16. The minimum atomic E-state index is 0.927. The van der Waals surface area contributed by atoms with E-state index in [1.165, 1.54) is 16.0 Å². The van der Waals surface area contributed by atoms with Crippen molar-refractivity contribution in [1.82, 2.24) is 15.1 Å². The van der Waals surface area contributed by atoms with Gasteiger partial charge in [-0.2, -0.15) is 5.10 Å². The molecule has 0 aliphatic carbocycles. The zero-order valence-electron chi connectivity index (χ0n) is 8.32. The van der Waals surface area contributed by atoms with E-state index < -0.39 is 0 Å². The second-order valence-electron chi connectivity index (χ2n) is 3.25. The zero-order chi connectivity index (χ0) is 9.97. The molecule has 74 valence electrons. The molecule has 0 unspecified atom stereocenters. The Balaban J connectivity index is 2.24. The summed E-state index contributed by atoms with van der Waals surface area (Å²) in [4.78, 5) is 1.28. The van der Waals surface area contributed by atoms with E-state index in [0.29, 0.717) is 0 Å². The van der Waals surface area contributed by atoms with Crippen molar-refractivity contribution in [2.45, 2.75) is 6.54 Å². The molecule has 4 heteroatoms. The number of rotatable bonds is 3. The largest absolute Gasteiger partial charge is 0.316 e. The molecule has 0 aliphatic rings. The fourth-order valence-corrected chi connectivity index (χ4v) is 2.26. The van der Waals surface area contributed by atoms with Gasteiger partial charge in [0.15, 0.2) is 0 Å². The van der Waals surface area contributed by atoms with Crippen LogP contribution >= 0.6 is 11.3 Å². The van der Waals surface area contributed by atoms with Crippen molar-refractivity contribution in [2.24, 2.45) is 7.05 Å². The van der Waals surface area contributed by atoms with Gasteiger partial charge in [-0.3, -0.25) is 4.68 Å². The van der Waals surface area contributed by atoms with Crippen LogP contribution in [0, 0.1) is 0 Å². The summed E-state index contributed by atoms with van der Waals surface area (Å²) in [7, 11) is 3.90. The van der Waals surface area contributed by atoms with Gasteiger partial charge in [0.1, 0.15) is 0 Å². The first kappa shape index (κ1) is 9.43. The number of aryl methyl sites for hydroxylation is 1. The van der Waals surface area contributed by atoms with Gasteiger partial charge in [-0.1, -0.05) is 0 Å². The average molecular weight is 207 g/mol. The summed E-state index contributed by atoms with van der Waals surface area (Å²) in [5, 5.41) is 9.48. The standard InChI is InChI=1S/C10H13N3S/c1-11-4-8-3-10(14-7-8)9-5-12-13(2)6-9/h3,5-7,11H,4H2,1-2H3. The second-order valence-corrected chi connectivity index (χ2v) is 4.16. The van der Waals surface area contributed by atoms with Gasteiger partial charge in [0.05, 0.1) is 6.20 Å². The molecule has 0 saturated carbocycles.